The van der Waals surface area contributed by atoms with Gasteiger partial charge in [0.2, 0.25) is 0 Å². The summed E-state index contributed by atoms with van der Waals surface area (Å²) in [6.07, 6.45) is 2.31. The summed E-state index contributed by atoms with van der Waals surface area (Å²) in [5, 5.41) is 10.2. The van der Waals surface area contributed by atoms with Crippen molar-refractivity contribution in [3.8, 4) is 5.75 Å². The number of aromatic hydroxyl groups is 1. The van der Waals surface area contributed by atoms with E-state index in [0.29, 0.717) is 5.75 Å². The van der Waals surface area contributed by atoms with E-state index < -0.39 is 0 Å². The number of rotatable bonds is 6. The van der Waals surface area contributed by atoms with Gasteiger partial charge in [-0.15, -0.1) is 0 Å². The quantitative estimate of drug-likeness (QED) is 0.800. The highest BCUT2D eigenvalue weighted by molar-refractivity contribution is 5.50. The summed E-state index contributed by atoms with van der Waals surface area (Å²) in [5.41, 5.74) is 3.38. The van der Waals surface area contributed by atoms with Crippen molar-refractivity contribution in [1.29, 1.82) is 0 Å². The minimum atomic E-state index is 0.152. The van der Waals surface area contributed by atoms with E-state index in [1.807, 2.05) is 12.1 Å². The number of hydrogen-bond acceptors (Lipinski definition) is 2. The molecule has 1 unspecified atom stereocenters. The first-order chi connectivity index (χ1) is 10.1. The Bertz CT molecular complexity index is 565. The Labute approximate surface area is 128 Å². The van der Waals surface area contributed by atoms with Crippen LogP contribution in [0.15, 0.2) is 48.5 Å². The summed E-state index contributed by atoms with van der Waals surface area (Å²) >= 11 is 0. The van der Waals surface area contributed by atoms with Crippen LogP contribution in [0.4, 0.5) is 5.69 Å². The molecule has 0 aliphatic heterocycles. The van der Waals surface area contributed by atoms with Crippen LogP contribution >= 0.6 is 0 Å². The predicted molar refractivity (Wildman–Crippen MR) is 90.0 cm³/mol. The molecular weight excluding hydrogens is 258 g/mol. The molecule has 0 heterocycles. The maximum absolute atomic E-state index is 10.2. The Balaban J connectivity index is 2.33. The molecule has 0 fully saturated rings. The second kappa shape index (κ2) is 7.16. The maximum atomic E-state index is 10.2. The van der Waals surface area contributed by atoms with Gasteiger partial charge >= 0.3 is 0 Å². The lowest BCUT2D eigenvalue weighted by atomic mass is 10.0. The second-order valence-electron chi connectivity index (χ2n) is 5.62. The highest BCUT2D eigenvalue weighted by Gasteiger charge is 2.18. The van der Waals surface area contributed by atoms with Gasteiger partial charge in [0.25, 0.3) is 0 Å². The van der Waals surface area contributed by atoms with E-state index in [1.165, 1.54) is 11.3 Å². The van der Waals surface area contributed by atoms with E-state index in [-0.39, 0.29) is 6.04 Å². The van der Waals surface area contributed by atoms with Gasteiger partial charge in [0.1, 0.15) is 5.75 Å². The van der Waals surface area contributed by atoms with Gasteiger partial charge in [-0.1, -0.05) is 49.2 Å². The molecule has 1 atom stereocenters. The van der Waals surface area contributed by atoms with E-state index >= 15 is 0 Å². The summed E-state index contributed by atoms with van der Waals surface area (Å²) in [6.45, 7) is 7.43. The predicted octanol–water partition coefficient (Wildman–Crippen LogP) is 5.07. The van der Waals surface area contributed by atoms with Gasteiger partial charge in [-0.3, -0.25) is 0 Å². The molecule has 0 bridgehead atoms. The van der Waals surface area contributed by atoms with Gasteiger partial charge in [0.15, 0.2) is 0 Å². The van der Waals surface area contributed by atoms with Crippen molar-refractivity contribution in [2.45, 2.75) is 39.7 Å². The van der Waals surface area contributed by atoms with Crippen molar-refractivity contribution < 1.29 is 5.11 Å². The van der Waals surface area contributed by atoms with Gasteiger partial charge in [-0.25, -0.2) is 0 Å². The minimum absolute atomic E-state index is 0.152. The Morgan fingerprint density at radius 2 is 1.81 bits per heavy atom. The van der Waals surface area contributed by atoms with E-state index in [1.54, 1.807) is 6.07 Å². The zero-order chi connectivity index (χ0) is 15.2. The molecule has 0 aliphatic rings. The van der Waals surface area contributed by atoms with Crippen LogP contribution in [0.3, 0.4) is 0 Å². The number of phenolic OH excluding ortho intramolecular Hbond substituents is 1. The van der Waals surface area contributed by atoms with Crippen molar-refractivity contribution in [2.75, 3.05) is 11.4 Å². The zero-order valence-corrected chi connectivity index (χ0v) is 13.2. The summed E-state index contributed by atoms with van der Waals surface area (Å²) in [6, 6.07) is 16.4. The summed E-state index contributed by atoms with van der Waals surface area (Å²) < 4.78 is 0. The molecule has 112 valence electrons. The van der Waals surface area contributed by atoms with Crippen LogP contribution < -0.4 is 4.90 Å². The van der Waals surface area contributed by atoms with Crippen molar-refractivity contribution in [3.05, 3.63) is 59.7 Å². The molecule has 0 amide bonds. The average Bonchev–Trinajstić information content (AvgIpc) is 2.51. The maximum Gasteiger partial charge on any atom is 0.120 e. The molecule has 0 radical (unpaired) electrons. The number of nitrogens with zero attached hydrogens (tertiary/aromatic N) is 1. The molecule has 1 N–H and O–H groups in total. The third-order valence-corrected chi connectivity index (χ3v) is 3.94. The highest BCUT2D eigenvalue weighted by atomic mass is 16.3. The van der Waals surface area contributed by atoms with Crippen LogP contribution in [0.2, 0.25) is 0 Å². The van der Waals surface area contributed by atoms with E-state index in [2.05, 4.69) is 56.0 Å². The first kappa shape index (κ1) is 15.4. The molecule has 0 aliphatic carbocycles. The lowest BCUT2D eigenvalue weighted by molar-refractivity contribution is 0.460. The number of phenols is 1. The third-order valence-electron chi connectivity index (χ3n) is 3.94. The second-order valence-corrected chi connectivity index (χ2v) is 5.62. The number of para-hydroxylation sites is 1. The largest absolute Gasteiger partial charge is 0.508 e. The standard InChI is InChI=1S/C19H25NO/c1-4-5-13-20(17-9-7-6-8-10-17)16(3)18-14-15(2)11-12-19(18)21/h6-12,14,16,21H,4-5,13H2,1-3H3. The Morgan fingerprint density at radius 1 is 1.10 bits per heavy atom. The summed E-state index contributed by atoms with van der Waals surface area (Å²) in [7, 11) is 0. The van der Waals surface area contributed by atoms with Crippen molar-refractivity contribution >= 4 is 5.69 Å². The van der Waals surface area contributed by atoms with Crippen LogP contribution in [0.1, 0.15) is 43.9 Å². The van der Waals surface area contributed by atoms with E-state index in [4.69, 9.17) is 0 Å². The van der Waals surface area contributed by atoms with Gasteiger partial charge in [0.05, 0.1) is 6.04 Å². The number of unbranched alkanes of at least 4 members (excludes halogenated alkanes) is 1. The topological polar surface area (TPSA) is 23.5 Å². The van der Waals surface area contributed by atoms with E-state index in [0.717, 1.165) is 24.9 Å². The molecule has 0 saturated heterocycles. The first-order valence-corrected chi connectivity index (χ1v) is 7.74. The van der Waals surface area contributed by atoms with Crippen molar-refractivity contribution in [2.24, 2.45) is 0 Å². The third kappa shape index (κ3) is 3.78. The Morgan fingerprint density at radius 3 is 2.48 bits per heavy atom. The molecule has 2 aromatic rings. The summed E-state index contributed by atoms with van der Waals surface area (Å²) in [4.78, 5) is 2.37. The van der Waals surface area contributed by atoms with Gasteiger partial charge < -0.3 is 10.0 Å². The molecule has 0 saturated carbocycles. The normalized spacial score (nSPS) is 12.1. The number of benzene rings is 2. The van der Waals surface area contributed by atoms with Crippen LogP contribution in [0.5, 0.6) is 5.75 Å². The fourth-order valence-electron chi connectivity index (χ4n) is 2.67. The molecule has 2 rings (SSSR count). The van der Waals surface area contributed by atoms with Crippen molar-refractivity contribution in [1.82, 2.24) is 0 Å². The number of aryl methyl sites for hydroxylation is 1. The SMILES string of the molecule is CCCCN(c1ccccc1)C(C)c1cc(C)ccc1O. The molecule has 2 aromatic carbocycles. The minimum Gasteiger partial charge on any atom is -0.508 e. The Kier molecular flexibility index (Phi) is 5.26. The number of hydrogen-bond donors (Lipinski definition) is 1. The highest BCUT2D eigenvalue weighted by Crippen LogP contribution is 2.32. The lowest BCUT2D eigenvalue weighted by Crippen LogP contribution is -2.28. The van der Waals surface area contributed by atoms with Crippen LogP contribution in [-0.4, -0.2) is 11.7 Å². The molecular formula is C19H25NO. The van der Waals surface area contributed by atoms with Crippen LogP contribution in [0.25, 0.3) is 0 Å². The molecule has 2 nitrogen and oxygen atoms in total. The van der Waals surface area contributed by atoms with Crippen LogP contribution in [0, 0.1) is 6.92 Å². The van der Waals surface area contributed by atoms with Crippen LogP contribution in [-0.2, 0) is 0 Å². The molecule has 0 spiro atoms. The molecule has 2 heteroatoms. The van der Waals surface area contributed by atoms with Gasteiger partial charge in [0, 0.05) is 17.8 Å². The fourth-order valence-corrected chi connectivity index (χ4v) is 2.67. The van der Waals surface area contributed by atoms with Crippen molar-refractivity contribution in [3.63, 3.8) is 0 Å². The number of anilines is 1. The van der Waals surface area contributed by atoms with Gasteiger partial charge in [-0.05, 0) is 38.5 Å². The average molecular weight is 283 g/mol. The van der Waals surface area contributed by atoms with E-state index in [9.17, 15) is 5.11 Å². The zero-order valence-electron chi connectivity index (χ0n) is 13.2. The smallest absolute Gasteiger partial charge is 0.120 e. The molecule has 21 heavy (non-hydrogen) atoms. The Hall–Kier alpha value is -1.96. The summed E-state index contributed by atoms with van der Waals surface area (Å²) in [5.74, 6) is 0.380. The fraction of sp³-hybridized carbons (Fsp3) is 0.368. The first-order valence-electron chi connectivity index (χ1n) is 7.74. The van der Waals surface area contributed by atoms with Gasteiger partial charge in [-0.2, -0.15) is 0 Å². The monoisotopic (exact) mass is 283 g/mol. The lowest BCUT2D eigenvalue weighted by Gasteiger charge is -2.32. The molecule has 0 aromatic heterocycles.